The van der Waals surface area contributed by atoms with Gasteiger partial charge in [-0.05, 0) is 18.2 Å². The average molecular weight is 186 g/mol. The second kappa shape index (κ2) is 3.46. The van der Waals surface area contributed by atoms with Gasteiger partial charge in [-0.25, -0.2) is 0 Å². The first-order chi connectivity index (χ1) is 6.81. The van der Waals surface area contributed by atoms with Crippen molar-refractivity contribution in [2.75, 3.05) is 0 Å². The van der Waals surface area contributed by atoms with Crippen LogP contribution in [0.1, 0.15) is 5.69 Å². The number of hydrogen-bond acceptors (Lipinski definition) is 2. The molecular weight excluding hydrogens is 176 g/mol. The molecule has 1 heterocycles. The molecule has 70 valence electrons. The highest BCUT2D eigenvalue weighted by atomic mass is 16.3. The maximum absolute atomic E-state index is 10.5. The molecule has 0 radical (unpaired) electrons. The third-order valence-electron chi connectivity index (χ3n) is 2.09. The molecule has 0 aliphatic rings. The molecule has 0 amide bonds. The fourth-order valence-corrected chi connectivity index (χ4v) is 1.47. The predicted octanol–water partition coefficient (Wildman–Crippen LogP) is 3.39. The van der Waals surface area contributed by atoms with Gasteiger partial charge in [-0.3, -0.25) is 0 Å². The smallest absolute Gasteiger partial charge is 0.133 e. The summed E-state index contributed by atoms with van der Waals surface area (Å²) in [7, 11) is 0. The van der Waals surface area contributed by atoms with Crippen molar-refractivity contribution < 1.29 is 0 Å². The van der Waals surface area contributed by atoms with E-state index in [1.165, 1.54) is 0 Å². The van der Waals surface area contributed by atoms with Gasteiger partial charge in [-0.15, -0.1) is 4.91 Å². The number of aryl methyl sites for hydroxylation is 1. The van der Waals surface area contributed by atoms with Crippen molar-refractivity contribution in [2.24, 2.45) is 5.18 Å². The van der Waals surface area contributed by atoms with Crippen LogP contribution in [0.4, 0.5) is 5.69 Å². The minimum absolute atomic E-state index is 0.466. The predicted molar refractivity (Wildman–Crippen MR) is 56.4 cm³/mol. The quantitative estimate of drug-likeness (QED) is 0.718. The van der Waals surface area contributed by atoms with Crippen LogP contribution in [-0.2, 0) is 0 Å². The summed E-state index contributed by atoms with van der Waals surface area (Å²) in [6.45, 7) is 1.90. The summed E-state index contributed by atoms with van der Waals surface area (Å²) in [6, 6.07) is 11.4. The Hall–Kier alpha value is -1.90. The molecule has 1 N–H and O–H groups in total. The minimum atomic E-state index is 0.466. The molecule has 0 bridgehead atoms. The van der Waals surface area contributed by atoms with Gasteiger partial charge in [0.2, 0.25) is 0 Å². The van der Waals surface area contributed by atoms with Crippen molar-refractivity contribution in [3.8, 4) is 11.3 Å². The van der Waals surface area contributed by atoms with Crippen LogP contribution in [0, 0.1) is 11.8 Å². The van der Waals surface area contributed by atoms with Gasteiger partial charge in [0.05, 0.1) is 5.69 Å². The Labute approximate surface area is 81.8 Å². The lowest BCUT2D eigenvalue weighted by Gasteiger charge is -1.97. The van der Waals surface area contributed by atoms with Crippen LogP contribution in [0.25, 0.3) is 11.3 Å². The van der Waals surface area contributed by atoms with E-state index < -0.39 is 0 Å². The zero-order chi connectivity index (χ0) is 9.97. The van der Waals surface area contributed by atoms with E-state index in [1.54, 1.807) is 6.07 Å². The molecule has 0 unspecified atom stereocenters. The Bertz CT molecular complexity index is 446. The zero-order valence-electron chi connectivity index (χ0n) is 7.82. The van der Waals surface area contributed by atoms with Gasteiger partial charge in [0, 0.05) is 11.3 Å². The summed E-state index contributed by atoms with van der Waals surface area (Å²) in [6.07, 6.45) is 0. The lowest BCUT2D eigenvalue weighted by Crippen LogP contribution is -1.77. The number of aromatic nitrogens is 1. The van der Waals surface area contributed by atoms with Gasteiger partial charge in [-0.1, -0.05) is 30.3 Å². The van der Waals surface area contributed by atoms with Gasteiger partial charge < -0.3 is 4.98 Å². The highest BCUT2D eigenvalue weighted by molar-refractivity contribution is 5.73. The first kappa shape index (κ1) is 8.69. The Morgan fingerprint density at radius 1 is 1.21 bits per heavy atom. The van der Waals surface area contributed by atoms with Gasteiger partial charge >= 0.3 is 0 Å². The number of aromatic amines is 1. The molecule has 1 aromatic carbocycles. The number of H-pyrrole nitrogens is 1. The van der Waals surface area contributed by atoms with Crippen molar-refractivity contribution >= 4 is 5.69 Å². The molecule has 0 aliphatic carbocycles. The molecule has 0 saturated heterocycles. The van der Waals surface area contributed by atoms with E-state index >= 15 is 0 Å². The third kappa shape index (κ3) is 1.44. The molecule has 2 rings (SSSR count). The molecule has 3 nitrogen and oxygen atoms in total. The van der Waals surface area contributed by atoms with Crippen molar-refractivity contribution in [2.45, 2.75) is 6.92 Å². The first-order valence-electron chi connectivity index (χ1n) is 4.39. The number of rotatable bonds is 2. The molecule has 0 spiro atoms. The fraction of sp³-hybridized carbons (Fsp3) is 0.0909. The average Bonchev–Trinajstić information content (AvgIpc) is 2.61. The lowest BCUT2D eigenvalue weighted by atomic mass is 10.1. The summed E-state index contributed by atoms with van der Waals surface area (Å²) in [5.41, 5.74) is 3.18. The topological polar surface area (TPSA) is 45.2 Å². The largest absolute Gasteiger partial charge is 0.357 e. The molecule has 2 aromatic rings. The summed E-state index contributed by atoms with van der Waals surface area (Å²) in [4.78, 5) is 13.7. The molecule has 0 saturated carbocycles. The van der Waals surface area contributed by atoms with Gasteiger partial charge in [0.25, 0.3) is 0 Å². The third-order valence-corrected chi connectivity index (χ3v) is 2.09. The van der Waals surface area contributed by atoms with Gasteiger partial charge in [0.15, 0.2) is 0 Å². The Morgan fingerprint density at radius 3 is 2.57 bits per heavy atom. The number of benzene rings is 1. The molecule has 0 aliphatic heterocycles. The highest BCUT2D eigenvalue weighted by Crippen LogP contribution is 2.29. The molecular formula is C11H10N2O. The van der Waals surface area contributed by atoms with Gasteiger partial charge in [-0.2, -0.15) is 0 Å². The molecule has 1 aromatic heterocycles. The van der Waals surface area contributed by atoms with E-state index in [-0.39, 0.29) is 0 Å². The number of nitroso groups, excluding NO2 is 1. The Kier molecular flexibility index (Phi) is 2.14. The molecule has 3 heteroatoms. The zero-order valence-corrected chi connectivity index (χ0v) is 7.82. The number of nitrogens with zero attached hydrogens (tertiary/aromatic N) is 1. The Balaban J connectivity index is 2.56. The van der Waals surface area contributed by atoms with Gasteiger partial charge in [0.1, 0.15) is 5.69 Å². The number of hydrogen-bond donors (Lipinski definition) is 1. The molecule has 0 atom stereocenters. The molecule has 14 heavy (non-hydrogen) atoms. The second-order valence-corrected chi connectivity index (χ2v) is 3.17. The number of nitrogens with one attached hydrogen (secondary N) is 1. The van der Waals surface area contributed by atoms with Crippen LogP contribution in [0.3, 0.4) is 0 Å². The lowest BCUT2D eigenvalue weighted by molar-refractivity contribution is 1.27. The fourth-order valence-electron chi connectivity index (χ4n) is 1.47. The van der Waals surface area contributed by atoms with Crippen molar-refractivity contribution in [3.63, 3.8) is 0 Å². The summed E-state index contributed by atoms with van der Waals surface area (Å²) in [5.74, 6) is 0. The van der Waals surface area contributed by atoms with E-state index in [9.17, 15) is 4.91 Å². The monoisotopic (exact) mass is 186 g/mol. The van der Waals surface area contributed by atoms with Crippen LogP contribution in [0.5, 0.6) is 0 Å². The van der Waals surface area contributed by atoms with Crippen molar-refractivity contribution in [1.82, 2.24) is 4.98 Å². The van der Waals surface area contributed by atoms with Crippen molar-refractivity contribution in [1.29, 1.82) is 0 Å². The van der Waals surface area contributed by atoms with E-state index in [1.807, 2.05) is 37.3 Å². The maximum Gasteiger partial charge on any atom is 0.133 e. The van der Waals surface area contributed by atoms with Crippen LogP contribution in [0.2, 0.25) is 0 Å². The maximum atomic E-state index is 10.5. The summed E-state index contributed by atoms with van der Waals surface area (Å²) in [5, 5.41) is 2.99. The van der Waals surface area contributed by atoms with Crippen LogP contribution in [0.15, 0.2) is 41.6 Å². The first-order valence-corrected chi connectivity index (χ1v) is 4.39. The normalized spacial score (nSPS) is 10.1. The van der Waals surface area contributed by atoms with E-state index in [2.05, 4.69) is 10.2 Å². The summed E-state index contributed by atoms with van der Waals surface area (Å²) >= 11 is 0. The van der Waals surface area contributed by atoms with Crippen LogP contribution in [-0.4, -0.2) is 4.98 Å². The minimum Gasteiger partial charge on any atom is -0.357 e. The SMILES string of the molecule is Cc1cc(N=O)c(-c2ccccc2)[nH]1. The van der Waals surface area contributed by atoms with Crippen molar-refractivity contribution in [3.05, 3.63) is 47.0 Å². The molecule has 0 fully saturated rings. The summed E-state index contributed by atoms with van der Waals surface area (Å²) < 4.78 is 0. The van der Waals surface area contributed by atoms with E-state index in [0.29, 0.717) is 5.69 Å². The Morgan fingerprint density at radius 2 is 1.93 bits per heavy atom. The van der Waals surface area contributed by atoms with Crippen LogP contribution >= 0.6 is 0 Å². The highest BCUT2D eigenvalue weighted by Gasteiger charge is 2.07. The van der Waals surface area contributed by atoms with E-state index in [4.69, 9.17) is 0 Å². The standard InChI is InChI=1S/C11H10N2O/c1-8-7-10(13-14)11(12-8)9-5-3-2-4-6-9/h2-7,12H,1H3. The second-order valence-electron chi connectivity index (χ2n) is 3.17. The van der Waals surface area contributed by atoms with E-state index in [0.717, 1.165) is 17.0 Å². The van der Waals surface area contributed by atoms with Crippen LogP contribution < -0.4 is 0 Å².